The number of benzene rings is 1. The number of rotatable bonds is 6. The lowest BCUT2D eigenvalue weighted by atomic mass is 10.1. The van der Waals surface area contributed by atoms with E-state index in [1.165, 1.54) is 6.07 Å². The third kappa shape index (κ3) is 4.63. The van der Waals surface area contributed by atoms with Crippen LogP contribution in [-0.2, 0) is 4.79 Å². The van der Waals surface area contributed by atoms with Crippen molar-refractivity contribution < 1.29 is 9.18 Å². The number of carbonyl (C=O) groups excluding carboxylic acids is 1. The molecule has 3 nitrogen and oxygen atoms in total. The van der Waals surface area contributed by atoms with Crippen molar-refractivity contribution in [3.05, 3.63) is 34.6 Å². The number of nitrogens with one attached hydrogen (secondary N) is 2. The van der Waals surface area contributed by atoms with Crippen molar-refractivity contribution in [1.29, 1.82) is 0 Å². The van der Waals surface area contributed by atoms with Crippen LogP contribution in [0.4, 0.5) is 4.39 Å². The van der Waals surface area contributed by atoms with Gasteiger partial charge in [-0.25, -0.2) is 4.39 Å². The Morgan fingerprint density at radius 3 is 2.83 bits per heavy atom. The molecule has 5 heteroatoms. The van der Waals surface area contributed by atoms with Crippen LogP contribution in [0.1, 0.15) is 31.9 Å². The summed E-state index contributed by atoms with van der Waals surface area (Å²) < 4.78 is 13.0. The monoisotopic (exact) mass is 272 g/mol. The number of carbonyl (C=O) groups is 1. The molecule has 0 aliphatic carbocycles. The second kappa shape index (κ2) is 7.34. The molecule has 0 aliphatic rings. The summed E-state index contributed by atoms with van der Waals surface area (Å²) in [5.74, 6) is -0.399. The molecule has 1 atom stereocenters. The molecule has 0 heterocycles. The predicted octanol–water partition coefficient (Wildman–Crippen LogP) is 2.66. The van der Waals surface area contributed by atoms with Crippen LogP contribution < -0.4 is 10.6 Å². The van der Waals surface area contributed by atoms with Gasteiger partial charge in [0.1, 0.15) is 5.82 Å². The number of halogens is 2. The summed E-state index contributed by atoms with van der Waals surface area (Å²) in [6, 6.07) is 4.66. The van der Waals surface area contributed by atoms with Gasteiger partial charge in [0, 0.05) is 25.6 Å². The molecule has 0 aromatic heterocycles. The quantitative estimate of drug-likeness (QED) is 0.836. The lowest BCUT2D eigenvalue weighted by Gasteiger charge is -2.14. The van der Waals surface area contributed by atoms with E-state index in [1.54, 1.807) is 12.1 Å². The Labute approximate surface area is 112 Å². The van der Waals surface area contributed by atoms with Gasteiger partial charge in [0.05, 0.1) is 5.02 Å². The van der Waals surface area contributed by atoms with E-state index in [-0.39, 0.29) is 17.0 Å². The molecule has 0 radical (unpaired) electrons. The molecule has 0 saturated carbocycles. The molecule has 100 valence electrons. The topological polar surface area (TPSA) is 41.1 Å². The van der Waals surface area contributed by atoms with Crippen molar-refractivity contribution in [3.8, 4) is 0 Å². The zero-order chi connectivity index (χ0) is 13.5. The molecule has 1 rings (SSSR count). The highest BCUT2D eigenvalue weighted by Gasteiger charge is 2.08. The molecule has 0 fully saturated rings. The van der Waals surface area contributed by atoms with Crippen molar-refractivity contribution in [2.24, 2.45) is 0 Å². The summed E-state index contributed by atoms with van der Waals surface area (Å²) in [5, 5.41) is 6.03. The summed E-state index contributed by atoms with van der Waals surface area (Å²) in [6.45, 7) is 5.04. The van der Waals surface area contributed by atoms with Crippen LogP contribution in [-0.4, -0.2) is 19.0 Å². The number of hydrogen-bond acceptors (Lipinski definition) is 2. The van der Waals surface area contributed by atoms with Gasteiger partial charge in [0.15, 0.2) is 0 Å². The second-order valence-electron chi connectivity index (χ2n) is 4.05. The maximum absolute atomic E-state index is 13.0. The maximum Gasteiger partial charge on any atom is 0.221 e. The van der Waals surface area contributed by atoms with E-state index in [4.69, 9.17) is 11.6 Å². The fourth-order valence-electron chi connectivity index (χ4n) is 1.59. The molecule has 18 heavy (non-hydrogen) atoms. The Morgan fingerprint density at radius 2 is 2.22 bits per heavy atom. The zero-order valence-corrected chi connectivity index (χ0v) is 11.4. The summed E-state index contributed by atoms with van der Waals surface area (Å²) in [6.07, 6.45) is 0.424. The van der Waals surface area contributed by atoms with E-state index in [1.807, 2.05) is 13.8 Å². The van der Waals surface area contributed by atoms with Crippen molar-refractivity contribution in [2.75, 3.05) is 13.1 Å². The SMILES string of the molecule is CCNC(=O)CCNC(C)c1ccc(F)c(Cl)c1. The first kappa shape index (κ1) is 14.9. The van der Waals surface area contributed by atoms with Crippen molar-refractivity contribution in [3.63, 3.8) is 0 Å². The predicted molar refractivity (Wildman–Crippen MR) is 71.1 cm³/mol. The Bertz CT molecular complexity index is 412. The van der Waals surface area contributed by atoms with E-state index >= 15 is 0 Å². The fourth-order valence-corrected chi connectivity index (χ4v) is 1.78. The van der Waals surface area contributed by atoms with Gasteiger partial charge in [0.2, 0.25) is 5.91 Å². The summed E-state index contributed by atoms with van der Waals surface area (Å²) in [4.78, 5) is 11.2. The first-order valence-corrected chi connectivity index (χ1v) is 6.37. The van der Waals surface area contributed by atoms with Gasteiger partial charge in [-0.1, -0.05) is 17.7 Å². The molecule has 1 unspecified atom stereocenters. The van der Waals surface area contributed by atoms with Gasteiger partial charge < -0.3 is 10.6 Å². The molecule has 0 saturated heterocycles. The average Bonchev–Trinajstić information content (AvgIpc) is 2.33. The standard InChI is InChI=1S/C13H18ClFN2O/c1-3-16-13(18)6-7-17-9(2)10-4-5-12(15)11(14)8-10/h4-5,8-9,17H,3,6-7H2,1-2H3,(H,16,18). The van der Waals surface area contributed by atoms with E-state index in [2.05, 4.69) is 10.6 Å². The summed E-state index contributed by atoms with van der Waals surface area (Å²) >= 11 is 5.72. The summed E-state index contributed by atoms with van der Waals surface area (Å²) in [5.41, 5.74) is 0.900. The molecule has 0 spiro atoms. The lowest BCUT2D eigenvalue weighted by molar-refractivity contribution is -0.120. The van der Waals surface area contributed by atoms with Crippen molar-refractivity contribution >= 4 is 17.5 Å². The highest BCUT2D eigenvalue weighted by Crippen LogP contribution is 2.20. The van der Waals surface area contributed by atoms with Crippen LogP contribution in [0.2, 0.25) is 5.02 Å². The third-order valence-corrected chi connectivity index (χ3v) is 2.91. The number of amides is 1. The molecule has 1 aromatic rings. The second-order valence-corrected chi connectivity index (χ2v) is 4.46. The molecule has 2 N–H and O–H groups in total. The smallest absolute Gasteiger partial charge is 0.221 e. The first-order chi connectivity index (χ1) is 8.54. The Hall–Kier alpha value is -1.13. The van der Waals surface area contributed by atoms with Gasteiger partial charge in [-0.2, -0.15) is 0 Å². The van der Waals surface area contributed by atoms with Crippen LogP contribution in [0.25, 0.3) is 0 Å². The fraction of sp³-hybridized carbons (Fsp3) is 0.462. The van der Waals surface area contributed by atoms with E-state index in [0.717, 1.165) is 5.56 Å². The highest BCUT2D eigenvalue weighted by atomic mass is 35.5. The zero-order valence-electron chi connectivity index (χ0n) is 10.6. The maximum atomic E-state index is 13.0. The Kier molecular flexibility index (Phi) is 6.09. The summed E-state index contributed by atoms with van der Waals surface area (Å²) in [7, 11) is 0. The molecular formula is C13H18ClFN2O. The van der Waals surface area contributed by atoms with Gasteiger partial charge >= 0.3 is 0 Å². The van der Waals surface area contributed by atoms with Crippen LogP contribution in [0, 0.1) is 5.82 Å². The molecule has 0 bridgehead atoms. The van der Waals surface area contributed by atoms with E-state index in [9.17, 15) is 9.18 Å². The largest absolute Gasteiger partial charge is 0.356 e. The van der Waals surface area contributed by atoms with Gasteiger partial charge in [0.25, 0.3) is 0 Å². The Balaban J connectivity index is 2.43. The molecular weight excluding hydrogens is 255 g/mol. The third-order valence-electron chi connectivity index (χ3n) is 2.62. The number of hydrogen-bond donors (Lipinski definition) is 2. The van der Waals surface area contributed by atoms with Crippen LogP contribution in [0.5, 0.6) is 0 Å². The minimum atomic E-state index is -0.421. The van der Waals surface area contributed by atoms with Crippen LogP contribution >= 0.6 is 11.6 Å². The van der Waals surface area contributed by atoms with E-state index < -0.39 is 5.82 Å². The molecule has 1 amide bonds. The Morgan fingerprint density at radius 1 is 1.50 bits per heavy atom. The molecule has 1 aromatic carbocycles. The van der Waals surface area contributed by atoms with Crippen LogP contribution in [0.15, 0.2) is 18.2 Å². The van der Waals surface area contributed by atoms with Gasteiger partial charge in [-0.15, -0.1) is 0 Å². The first-order valence-electron chi connectivity index (χ1n) is 5.99. The highest BCUT2D eigenvalue weighted by molar-refractivity contribution is 6.30. The minimum Gasteiger partial charge on any atom is -0.356 e. The van der Waals surface area contributed by atoms with E-state index in [0.29, 0.717) is 19.5 Å². The van der Waals surface area contributed by atoms with Crippen molar-refractivity contribution in [1.82, 2.24) is 10.6 Å². The van der Waals surface area contributed by atoms with Gasteiger partial charge in [-0.3, -0.25) is 4.79 Å². The molecule has 0 aliphatic heterocycles. The normalized spacial score (nSPS) is 12.2. The lowest BCUT2D eigenvalue weighted by Crippen LogP contribution is -2.28. The van der Waals surface area contributed by atoms with Crippen LogP contribution in [0.3, 0.4) is 0 Å². The minimum absolute atomic E-state index is 0.0225. The average molecular weight is 273 g/mol. The van der Waals surface area contributed by atoms with Crippen molar-refractivity contribution in [2.45, 2.75) is 26.3 Å². The van der Waals surface area contributed by atoms with Gasteiger partial charge in [-0.05, 0) is 31.5 Å².